The van der Waals surface area contributed by atoms with E-state index >= 15 is 0 Å². The molecule has 0 saturated carbocycles. The van der Waals surface area contributed by atoms with Gasteiger partial charge in [0.15, 0.2) is 0 Å². The summed E-state index contributed by atoms with van der Waals surface area (Å²) in [5.74, 6) is 0. The monoisotopic (exact) mass is 530 g/mol. The molecule has 0 fully saturated rings. The SMILES string of the molecule is CC1=CC=CC1.CCCCC[CH2][Pt]([CH2]CCCCC)[CH2]CCCCC. The average Bonchev–Trinajstić information content (AvgIpc) is 3.10. The zero-order valence-electron chi connectivity index (χ0n) is 17.9. The van der Waals surface area contributed by atoms with Crippen molar-refractivity contribution in [3.05, 3.63) is 23.8 Å². The van der Waals surface area contributed by atoms with Crippen molar-refractivity contribution in [2.24, 2.45) is 0 Å². The van der Waals surface area contributed by atoms with Gasteiger partial charge >= 0.3 is 130 Å². The van der Waals surface area contributed by atoms with Gasteiger partial charge < -0.3 is 0 Å². The van der Waals surface area contributed by atoms with Crippen molar-refractivity contribution in [1.82, 2.24) is 0 Å². The number of hydrogen-bond donors (Lipinski definition) is 0. The first-order chi connectivity index (χ1) is 12.2. The number of unbranched alkanes of at least 4 members (excludes halogenated alkanes) is 9. The van der Waals surface area contributed by atoms with Crippen molar-refractivity contribution in [1.29, 1.82) is 0 Å². The molecule has 0 bridgehead atoms. The molecule has 0 aliphatic heterocycles. The Hall–Kier alpha value is 0.168. The Labute approximate surface area is 166 Å². The van der Waals surface area contributed by atoms with Crippen LogP contribution in [0.25, 0.3) is 0 Å². The first-order valence-electron chi connectivity index (χ1n) is 11.0. The van der Waals surface area contributed by atoms with Gasteiger partial charge in [-0.2, -0.15) is 0 Å². The summed E-state index contributed by atoms with van der Waals surface area (Å²) in [6.07, 6.45) is 25.3. The van der Waals surface area contributed by atoms with Gasteiger partial charge in [0.1, 0.15) is 0 Å². The summed E-state index contributed by atoms with van der Waals surface area (Å²) in [5.41, 5.74) is 1.47. The van der Waals surface area contributed by atoms with Crippen LogP contribution in [0.5, 0.6) is 0 Å². The van der Waals surface area contributed by atoms with Crippen LogP contribution in [0.3, 0.4) is 0 Å². The van der Waals surface area contributed by atoms with E-state index in [1.54, 1.807) is 33.7 Å². The van der Waals surface area contributed by atoms with Crippen molar-refractivity contribution in [2.75, 3.05) is 0 Å². The molecule has 0 aromatic rings. The Morgan fingerprint density at radius 1 is 0.680 bits per heavy atom. The predicted molar refractivity (Wildman–Crippen MR) is 114 cm³/mol. The number of rotatable bonds is 15. The average molecular weight is 531 g/mol. The summed E-state index contributed by atoms with van der Waals surface area (Å²) in [6, 6.07) is 0. The molecule has 0 saturated heterocycles. The van der Waals surface area contributed by atoms with Crippen molar-refractivity contribution in [3.63, 3.8) is 0 Å². The van der Waals surface area contributed by atoms with Crippen LogP contribution in [0.15, 0.2) is 23.8 Å². The Balaban J connectivity index is 0.000000796. The van der Waals surface area contributed by atoms with Crippen molar-refractivity contribution < 1.29 is 17.3 Å². The summed E-state index contributed by atoms with van der Waals surface area (Å²) in [7, 11) is 0. The molecule has 1 aliphatic rings. The third-order valence-electron chi connectivity index (χ3n) is 4.52. The van der Waals surface area contributed by atoms with Gasteiger partial charge in [0.2, 0.25) is 0 Å². The zero-order chi connectivity index (χ0) is 18.6. The zero-order valence-corrected chi connectivity index (χ0v) is 20.1. The molecule has 1 aliphatic carbocycles. The molecule has 0 unspecified atom stereocenters. The summed E-state index contributed by atoms with van der Waals surface area (Å²) >= 11 is -0.550. The summed E-state index contributed by atoms with van der Waals surface area (Å²) in [5, 5.41) is 0. The van der Waals surface area contributed by atoms with E-state index in [-0.39, 0.29) is 0 Å². The molecule has 1 heteroatoms. The van der Waals surface area contributed by atoms with Crippen molar-refractivity contribution in [2.45, 2.75) is 126 Å². The summed E-state index contributed by atoms with van der Waals surface area (Å²) in [4.78, 5) is 5.01. The van der Waals surface area contributed by atoms with E-state index in [0.717, 1.165) is 0 Å². The Morgan fingerprint density at radius 2 is 1.12 bits per heavy atom. The molecule has 0 N–H and O–H groups in total. The second-order valence-electron chi connectivity index (χ2n) is 7.28. The van der Waals surface area contributed by atoms with Crippen LogP contribution >= 0.6 is 0 Å². The van der Waals surface area contributed by atoms with Gasteiger partial charge in [-0.25, -0.2) is 0 Å². The molecule has 0 amide bonds. The van der Waals surface area contributed by atoms with Crippen LogP contribution in [0.2, 0.25) is 14.4 Å². The van der Waals surface area contributed by atoms with Gasteiger partial charge in [-0.3, -0.25) is 0 Å². The fraction of sp³-hybridized carbons (Fsp3) is 0.833. The molecule has 153 valence electrons. The van der Waals surface area contributed by atoms with Crippen LogP contribution in [-0.2, 0) is 17.3 Å². The molecule has 0 aromatic carbocycles. The first kappa shape index (κ1) is 25.2. The predicted octanol–water partition coefficient (Wildman–Crippen LogP) is 9.49. The Morgan fingerprint density at radius 3 is 1.36 bits per heavy atom. The molecular formula is C24H47Pt. The minimum absolute atomic E-state index is 0.550. The summed E-state index contributed by atoms with van der Waals surface area (Å²) < 4.78 is 0. The van der Waals surface area contributed by atoms with Gasteiger partial charge in [0.05, 0.1) is 0 Å². The Kier molecular flexibility index (Phi) is 20.6. The van der Waals surface area contributed by atoms with Crippen LogP contribution in [0, 0.1) is 0 Å². The van der Waals surface area contributed by atoms with E-state index in [2.05, 4.69) is 45.9 Å². The van der Waals surface area contributed by atoms with Crippen LogP contribution in [-0.4, -0.2) is 0 Å². The number of hydrogen-bond acceptors (Lipinski definition) is 0. The molecular weight excluding hydrogens is 483 g/mol. The normalized spacial score (nSPS) is 13.4. The standard InChI is InChI=1S/C6H8.3C6H13.Pt/c1-6-4-2-3-5-6;3*1-3-5-6-4-2;/h2-4H,5H2,1H3;3*1,3-6H2,2H3;. The van der Waals surface area contributed by atoms with Crippen molar-refractivity contribution in [3.8, 4) is 0 Å². The van der Waals surface area contributed by atoms with E-state index in [9.17, 15) is 0 Å². The van der Waals surface area contributed by atoms with Crippen LogP contribution in [0.1, 0.15) is 111 Å². The van der Waals surface area contributed by atoms with Gasteiger partial charge in [-0.15, -0.1) is 0 Å². The Bertz CT molecular complexity index is 288. The van der Waals surface area contributed by atoms with Gasteiger partial charge in [-0.05, 0) is 13.3 Å². The van der Waals surface area contributed by atoms with Gasteiger partial charge in [-0.1, -0.05) is 23.8 Å². The maximum absolute atomic E-state index is 2.33. The third kappa shape index (κ3) is 18.8. The van der Waals surface area contributed by atoms with E-state index in [1.165, 1.54) is 69.8 Å². The van der Waals surface area contributed by atoms with E-state index in [0.29, 0.717) is 0 Å². The first-order valence-corrected chi connectivity index (χ1v) is 15.8. The molecule has 0 atom stereocenters. The van der Waals surface area contributed by atoms with E-state index in [1.807, 2.05) is 0 Å². The quantitative estimate of drug-likeness (QED) is 0.185. The molecule has 1 rings (SSSR count). The minimum atomic E-state index is -0.550. The van der Waals surface area contributed by atoms with Gasteiger partial charge in [0.25, 0.3) is 0 Å². The maximum atomic E-state index is 2.33. The molecule has 0 heterocycles. The molecule has 0 radical (unpaired) electrons. The van der Waals surface area contributed by atoms with Gasteiger partial charge in [0, 0.05) is 0 Å². The van der Waals surface area contributed by atoms with E-state index < -0.39 is 17.3 Å². The number of allylic oxidation sites excluding steroid dienone is 4. The van der Waals surface area contributed by atoms with Crippen molar-refractivity contribution >= 4 is 0 Å². The fourth-order valence-electron chi connectivity index (χ4n) is 2.78. The van der Waals surface area contributed by atoms with Crippen LogP contribution in [0.4, 0.5) is 0 Å². The molecule has 0 aromatic heterocycles. The topological polar surface area (TPSA) is 0 Å². The third-order valence-corrected chi connectivity index (χ3v) is 11.8. The molecule has 0 spiro atoms. The second-order valence-corrected chi connectivity index (χ2v) is 14.1. The molecule has 0 nitrogen and oxygen atoms in total. The second kappa shape index (κ2) is 20.5. The van der Waals surface area contributed by atoms with E-state index in [4.69, 9.17) is 0 Å². The fourth-order valence-corrected chi connectivity index (χ4v) is 9.60. The summed E-state index contributed by atoms with van der Waals surface area (Å²) in [6.45, 7) is 9.11. The van der Waals surface area contributed by atoms with Crippen LogP contribution < -0.4 is 0 Å². The molecule has 25 heavy (non-hydrogen) atoms.